The van der Waals surface area contributed by atoms with Crippen LogP contribution < -0.4 is 10.5 Å². The summed E-state index contributed by atoms with van der Waals surface area (Å²) in [6.07, 6.45) is 0.592. The minimum Gasteiger partial charge on any atom is -0.490 e. The van der Waals surface area contributed by atoms with Gasteiger partial charge in [0.05, 0.1) is 6.61 Å². The average molecular weight is 318 g/mol. The maximum absolute atomic E-state index is 13.4. The van der Waals surface area contributed by atoms with Crippen molar-refractivity contribution in [3.05, 3.63) is 24.0 Å². The van der Waals surface area contributed by atoms with Gasteiger partial charge in [-0.15, -0.1) is 0 Å². The maximum atomic E-state index is 13.4. The predicted octanol–water partition coefficient (Wildman–Crippen LogP) is 0.573. The number of ether oxygens (including phenoxy) is 2. The van der Waals surface area contributed by atoms with Gasteiger partial charge >= 0.3 is 0 Å². The van der Waals surface area contributed by atoms with Gasteiger partial charge in [-0.25, -0.2) is 12.8 Å². The van der Waals surface area contributed by atoms with Crippen LogP contribution in [0.2, 0.25) is 0 Å². The van der Waals surface area contributed by atoms with Crippen LogP contribution >= 0.6 is 0 Å². The molecule has 1 aromatic rings. The van der Waals surface area contributed by atoms with E-state index in [0.29, 0.717) is 19.6 Å². The Morgan fingerprint density at radius 2 is 2.19 bits per heavy atom. The number of benzene rings is 1. The molecule has 6 nitrogen and oxygen atoms in total. The van der Waals surface area contributed by atoms with E-state index in [1.165, 1.54) is 17.5 Å². The lowest BCUT2D eigenvalue weighted by atomic mass is 10.3. The van der Waals surface area contributed by atoms with E-state index in [9.17, 15) is 12.8 Å². The zero-order valence-corrected chi connectivity index (χ0v) is 12.6. The summed E-state index contributed by atoms with van der Waals surface area (Å²) in [6, 6.07) is 3.26. The highest BCUT2D eigenvalue weighted by Gasteiger charge is 2.33. The normalized spacial score (nSPS) is 19.9. The van der Waals surface area contributed by atoms with Crippen molar-refractivity contribution in [1.29, 1.82) is 0 Å². The SMILES string of the molecule is COCCOc1ccc(F)cc1S(=O)(=O)N1CC[C@@H](N)C1. The molecule has 0 amide bonds. The van der Waals surface area contributed by atoms with E-state index in [1.54, 1.807) is 0 Å². The quantitative estimate of drug-likeness (QED) is 0.776. The fourth-order valence-electron chi connectivity index (χ4n) is 2.15. The molecule has 1 aromatic carbocycles. The van der Waals surface area contributed by atoms with Crippen molar-refractivity contribution in [2.24, 2.45) is 5.73 Å². The highest BCUT2D eigenvalue weighted by Crippen LogP contribution is 2.29. The van der Waals surface area contributed by atoms with Crippen LogP contribution in [0.1, 0.15) is 6.42 Å². The summed E-state index contributed by atoms with van der Waals surface area (Å²) in [6.45, 7) is 1.06. The van der Waals surface area contributed by atoms with Crippen LogP contribution in [0.4, 0.5) is 4.39 Å². The average Bonchev–Trinajstić information content (AvgIpc) is 2.88. The van der Waals surface area contributed by atoms with Gasteiger partial charge in [-0.1, -0.05) is 0 Å². The molecule has 1 saturated heterocycles. The molecule has 0 aliphatic carbocycles. The Morgan fingerprint density at radius 1 is 1.43 bits per heavy atom. The predicted molar refractivity (Wildman–Crippen MR) is 75.1 cm³/mol. The largest absolute Gasteiger partial charge is 0.490 e. The molecule has 8 heteroatoms. The molecule has 1 aliphatic heterocycles. The zero-order valence-electron chi connectivity index (χ0n) is 11.8. The maximum Gasteiger partial charge on any atom is 0.246 e. The van der Waals surface area contributed by atoms with E-state index in [-0.39, 0.29) is 29.8 Å². The van der Waals surface area contributed by atoms with E-state index in [1.807, 2.05) is 0 Å². The molecule has 1 heterocycles. The zero-order chi connectivity index (χ0) is 15.5. The molecule has 1 aliphatic rings. The summed E-state index contributed by atoms with van der Waals surface area (Å²) in [7, 11) is -2.30. The fourth-order valence-corrected chi connectivity index (χ4v) is 3.80. The Balaban J connectivity index is 2.30. The van der Waals surface area contributed by atoms with Crippen molar-refractivity contribution in [3.63, 3.8) is 0 Å². The molecule has 2 rings (SSSR count). The van der Waals surface area contributed by atoms with E-state index < -0.39 is 15.8 Å². The van der Waals surface area contributed by atoms with Crippen LogP contribution in [0.15, 0.2) is 23.1 Å². The molecule has 2 N–H and O–H groups in total. The molecule has 0 aromatic heterocycles. The number of methoxy groups -OCH3 is 1. The van der Waals surface area contributed by atoms with Gasteiger partial charge in [0.2, 0.25) is 10.0 Å². The Labute approximate surface area is 123 Å². The highest BCUT2D eigenvalue weighted by atomic mass is 32.2. The first-order valence-corrected chi connectivity index (χ1v) is 8.06. The smallest absolute Gasteiger partial charge is 0.246 e. The summed E-state index contributed by atoms with van der Waals surface area (Å²) < 4.78 is 50.1. The van der Waals surface area contributed by atoms with E-state index in [0.717, 1.165) is 12.1 Å². The van der Waals surface area contributed by atoms with Gasteiger partial charge in [0.25, 0.3) is 0 Å². The van der Waals surface area contributed by atoms with Gasteiger partial charge in [-0.05, 0) is 24.6 Å². The van der Waals surface area contributed by atoms with Crippen LogP contribution in [0.25, 0.3) is 0 Å². The third-order valence-corrected chi connectivity index (χ3v) is 5.14. The van der Waals surface area contributed by atoms with E-state index >= 15 is 0 Å². The molecular weight excluding hydrogens is 299 g/mol. The van der Waals surface area contributed by atoms with Gasteiger partial charge < -0.3 is 15.2 Å². The van der Waals surface area contributed by atoms with Gasteiger partial charge in [0.1, 0.15) is 23.1 Å². The minimum absolute atomic E-state index is 0.119. The van der Waals surface area contributed by atoms with Crippen LogP contribution in [-0.2, 0) is 14.8 Å². The summed E-state index contributed by atoms with van der Waals surface area (Å²) in [5.41, 5.74) is 5.74. The Morgan fingerprint density at radius 3 is 2.81 bits per heavy atom. The van der Waals surface area contributed by atoms with Crippen LogP contribution in [0.5, 0.6) is 5.75 Å². The van der Waals surface area contributed by atoms with Gasteiger partial charge in [0, 0.05) is 26.2 Å². The van der Waals surface area contributed by atoms with Crippen molar-refractivity contribution < 1.29 is 22.3 Å². The van der Waals surface area contributed by atoms with Gasteiger partial charge in [-0.3, -0.25) is 0 Å². The second-order valence-corrected chi connectivity index (χ2v) is 6.75. The second kappa shape index (κ2) is 6.69. The van der Waals surface area contributed by atoms with Crippen molar-refractivity contribution in [1.82, 2.24) is 4.31 Å². The first-order valence-electron chi connectivity index (χ1n) is 6.62. The molecule has 1 atom stereocenters. The van der Waals surface area contributed by atoms with Crippen molar-refractivity contribution in [2.75, 3.05) is 33.4 Å². The monoisotopic (exact) mass is 318 g/mol. The molecule has 118 valence electrons. The Hall–Kier alpha value is -1.22. The van der Waals surface area contributed by atoms with Crippen molar-refractivity contribution in [3.8, 4) is 5.75 Å². The molecule has 0 saturated carbocycles. The van der Waals surface area contributed by atoms with Crippen LogP contribution in [0, 0.1) is 5.82 Å². The number of nitrogens with two attached hydrogens (primary N) is 1. The Kier molecular flexibility index (Phi) is 5.15. The number of nitrogens with zero attached hydrogens (tertiary/aromatic N) is 1. The van der Waals surface area contributed by atoms with E-state index in [4.69, 9.17) is 15.2 Å². The summed E-state index contributed by atoms with van der Waals surface area (Å²) in [5, 5.41) is 0. The molecule has 0 spiro atoms. The topological polar surface area (TPSA) is 81.9 Å². The van der Waals surface area contributed by atoms with Crippen LogP contribution in [0.3, 0.4) is 0 Å². The Bertz CT molecular complexity index is 594. The number of hydrogen-bond donors (Lipinski definition) is 1. The summed E-state index contributed by atoms with van der Waals surface area (Å²) in [4.78, 5) is -0.173. The lowest BCUT2D eigenvalue weighted by molar-refractivity contribution is 0.144. The number of hydrogen-bond acceptors (Lipinski definition) is 5. The van der Waals surface area contributed by atoms with Crippen molar-refractivity contribution in [2.45, 2.75) is 17.4 Å². The van der Waals surface area contributed by atoms with Crippen LogP contribution in [-0.4, -0.2) is 52.2 Å². The molecular formula is C13H19FN2O4S. The number of sulfonamides is 1. The highest BCUT2D eigenvalue weighted by molar-refractivity contribution is 7.89. The fraction of sp³-hybridized carbons (Fsp3) is 0.538. The van der Waals surface area contributed by atoms with Gasteiger partial charge in [-0.2, -0.15) is 4.31 Å². The minimum atomic E-state index is -3.81. The third-order valence-electron chi connectivity index (χ3n) is 3.26. The third kappa shape index (κ3) is 3.70. The first-order chi connectivity index (χ1) is 9.95. The molecule has 21 heavy (non-hydrogen) atoms. The standard InChI is InChI=1S/C13H19FN2O4S/c1-19-6-7-20-12-3-2-10(14)8-13(12)21(17,18)16-5-4-11(15)9-16/h2-3,8,11H,4-7,9,15H2,1H3/t11-/m1/s1. The van der Waals surface area contributed by atoms with Crippen molar-refractivity contribution >= 4 is 10.0 Å². The summed E-state index contributed by atoms with van der Waals surface area (Å²) >= 11 is 0. The lowest BCUT2D eigenvalue weighted by Crippen LogP contribution is -2.32. The number of halogens is 1. The molecule has 1 fully saturated rings. The molecule has 0 radical (unpaired) electrons. The summed E-state index contributed by atoms with van der Waals surface area (Å²) in [5.74, 6) is -0.509. The van der Waals surface area contributed by atoms with Gasteiger partial charge in [0.15, 0.2) is 0 Å². The lowest BCUT2D eigenvalue weighted by Gasteiger charge is -2.18. The second-order valence-electron chi connectivity index (χ2n) is 4.84. The molecule has 0 bridgehead atoms. The number of rotatable bonds is 6. The first kappa shape index (κ1) is 16.2. The van der Waals surface area contributed by atoms with E-state index in [2.05, 4.69) is 0 Å². The molecule has 0 unspecified atom stereocenters.